The van der Waals surface area contributed by atoms with Gasteiger partial charge >= 0.3 is 0 Å². The smallest absolute Gasteiger partial charge is 0.228 e. The quantitative estimate of drug-likeness (QED) is 0.895. The Morgan fingerprint density at radius 2 is 1.58 bits per heavy atom. The molecule has 2 aromatic rings. The Hall–Kier alpha value is -2.84. The molecule has 0 saturated heterocycles. The van der Waals surface area contributed by atoms with Gasteiger partial charge in [-0.05, 0) is 42.8 Å². The number of carbonyl (C=O) groups is 2. The minimum Gasteiger partial charge on any atom is -0.326 e. The van der Waals surface area contributed by atoms with Crippen LogP contribution in [0, 0.1) is 23.2 Å². The molecule has 2 amide bonds. The maximum atomic E-state index is 12.2. The third-order valence-corrected chi connectivity index (χ3v) is 4.05. The van der Waals surface area contributed by atoms with E-state index in [0.29, 0.717) is 28.4 Å². The summed E-state index contributed by atoms with van der Waals surface area (Å²) >= 11 is 5.88. The van der Waals surface area contributed by atoms with Crippen molar-refractivity contribution in [1.29, 1.82) is 5.26 Å². The van der Waals surface area contributed by atoms with Gasteiger partial charge in [0, 0.05) is 16.4 Å². The molecule has 1 aliphatic rings. The average Bonchev–Trinajstić information content (AvgIpc) is 3.36. The van der Waals surface area contributed by atoms with Crippen LogP contribution < -0.4 is 10.6 Å². The first-order chi connectivity index (χ1) is 11.6. The summed E-state index contributed by atoms with van der Waals surface area (Å²) in [6, 6.07) is 15.6. The van der Waals surface area contributed by atoms with Crippen LogP contribution in [-0.2, 0) is 9.59 Å². The second kappa shape index (κ2) is 6.73. The van der Waals surface area contributed by atoms with Crippen LogP contribution in [0.15, 0.2) is 48.5 Å². The normalized spacial score (nSPS) is 18.3. The van der Waals surface area contributed by atoms with Gasteiger partial charge in [0.2, 0.25) is 11.8 Å². The van der Waals surface area contributed by atoms with Gasteiger partial charge in [-0.1, -0.05) is 23.7 Å². The van der Waals surface area contributed by atoms with Gasteiger partial charge < -0.3 is 10.6 Å². The second-order valence-electron chi connectivity index (χ2n) is 5.63. The van der Waals surface area contributed by atoms with Gasteiger partial charge in [0.05, 0.1) is 23.5 Å². The Balaban J connectivity index is 1.57. The lowest BCUT2D eigenvalue weighted by molar-refractivity contribution is -0.122. The van der Waals surface area contributed by atoms with Crippen LogP contribution in [0.3, 0.4) is 0 Å². The van der Waals surface area contributed by atoms with Crippen LogP contribution in [0.25, 0.3) is 0 Å². The number of rotatable bonds is 4. The van der Waals surface area contributed by atoms with Crippen LogP contribution in [0.5, 0.6) is 0 Å². The van der Waals surface area contributed by atoms with Crippen molar-refractivity contribution >= 4 is 34.8 Å². The van der Waals surface area contributed by atoms with Crippen LogP contribution >= 0.6 is 11.6 Å². The predicted octanol–water partition coefficient (Wildman–Crippen LogP) is 3.42. The van der Waals surface area contributed by atoms with Crippen molar-refractivity contribution in [2.45, 2.75) is 6.42 Å². The zero-order chi connectivity index (χ0) is 17.1. The fourth-order valence-corrected chi connectivity index (χ4v) is 2.67. The summed E-state index contributed by atoms with van der Waals surface area (Å²) in [6.45, 7) is 0. The number of benzene rings is 2. The minimum absolute atomic E-state index is 0.191. The first-order valence-electron chi connectivity index (χ1n) is 7.44. The molecular weight excluding hydrogens is 326 g/mol. The van der Waals surface area contributed by atoms with Crippen molar-refractivity contribution in [2.75, 3.05) is 10.6 Å². The number of hydrogen-bond acceptors (Lipinski definition) is 3. The first-order valence-corrected chi connectivity index (χ1v) is 7.82. The Labute approximate surface area is 144 Å². The number of nitrogens with one attached hydrogen (secondary N) is 2. The van der Waals surface area contributed by atoms with Crippen LogP contribution in [-0.4, -0.2) is 11.8 Å². The molecule has 0 radical (unpaired) electrons. The van der Waals surface area contributed by atoms with E-state index in [1.165, 1.54) is 0 Å². The highest BCUT2D eigenvalue weighted by atomic mass is 35.5. The molecule has 24 heavy (non-hydrogen) atoms. The molecule has 1 aliphatic carbocycles. The maximum absolute atomic E-state index is 12.2. The van der Waals surface area contributed by atoms with E-state index in [1.54, 1.807) is 48.5 Å². The first kappa shape index (κ1) is 16.0. The van der Waals surface area contributed by atoms with Crippen molar-refractivity contribution in [1.82, 2.24) is 0 Å². The zero-order valence-electron chi connectivity index (χ0n) is 12.6. The van der Waals surface area contributed by atoms with Crippen molar-refractivity contribution in [3.05, 3.63) is 59.1 Å². The molecule has 2 unspecified atom stereocenters. The Bertz CT molecular complexity index is 844. The minimum atomic E-state index is -0.352. The van der Waals surface area contributed by atoms with Crippen LogP contribution in [0.2, 0.25) is 5.02 Å². The molecule has 3 rings (SSSR count). The summed E-state index contributed by atoms with van der Waals surface area (Å²) in [5, 5.41) is 14.9. The molecule has 1 saturated carbocycles. The van der Waals surface area contributed by atoms with Crippen molar-refractivity contribution < 1.29 is 9.59 Å². The third kappa shape index (κ3) is 3.73. The molecule has 0 spiro atoms. The molecule has 2 N–H and O–H groups in total. The monoisotopic (exact) mass is 339 g/mol. The highest BCUT2D eigenvalue weighted by Crippen LogP contribution is 2.40. The van der Waals surface area contributed by atoms with Gasteiger partial charge in [0.1, 0.15) is 0 Å². The van der Waals surface area contributed by atoms with E-state index in [9.17, 15) is 9.59 Å². The van der Waals surface area contributed by atoms with Gasteiger partial charge in [-0.2, -0.15) is 5.26 Å². The lowest BCUT2D eigenvalue weighted by atomic mass is 10.2. The molecule has 5 nitrogen and oxygen atoms in total. The molecule has 0 aromatic heterocycles. The standard InChI is InChI=1S/C18H14ClN3O2/c19-12-4-2-6-14(8-12)22-18(24)16-9-15(16)17(23)21-13-5-1-3-11(7-13)10-20/h1-8,15-16H,9H2,(H,21,23)(H,22,24). The number of hydrogen-bond donors (Lipinski definition) is 2. The number of amides is 2. The van der Waals surface area contributed by atoms with Gasteiger partial charge in [-0.15, -0.1) is 0 Å². The van der Waals surface area contributed by atoms with E-state index >= 15 is 0 Å². The van der Waals surface area contributed by atoms with Crippen molar-refractivity contribution in [2.24, 2.45) is 11.8 Å². The summed E-state index contributed by atoms with van der Waals surface area (Å²) in [5.74, 6) is -1.10. The van der Waals surface area contributed by atoms with E-state index in [0.717, 1.165) is 0 Å². The summed E-state index contributed by atoms with van der Waals surface area (Å²) < 4.78 is 0. The molecule has 6 heteroatoms. The zero-order valence-corrected chi connectivity index (χ0v) is 13.4. The highest BCUT2D eigenvalue weighted by molar-refractivity contribution is 6.30. The molecular formula is C18H14ClN3O2. The van der Waals surface area contributed by atoms with E-state index in [4.69, 9.17) is 16.9 Å². The SMILES string of the molecule is N#Cc1cccc(NC(=O)C2CC2C(=O)Nc2cccc(Cl)c2)c1. The topological polar surface area (TPSA) is 82.0 Å². The van der Waals surface area contributed by atoms with E-state index in [-0.39, 0.29) is 23.7 Å². The molecule has 1 fully saturated rings. The summed E-state index contributed by atoms with van der Waals surface area (Å²) in [5.41, 5.74) is 1.64. The summed E-state index contributed by atoms with van der Waals surface area (Å²) in [7, 11) is 0. The number of nitrogens with zero attached hydrogens (tertiary/aromatic N) is 1. The lowest BCUT2D eigenvalue weighted by Crippen LogP contribution is -2.20. The molecule has 0 heterocycles. The fraction of sp³-hybridized carbons (Fsp3) is 0.167. The molecule has 2 aromatic carbocycles. The van der Waals surface area contributed by atoms with Crippen LogP contribution in [0.4, 0.5) is 11.4 Å². The molecule has 120 valence electrons. The molecule has 2 atom stereocenters. The number of halogens is 1. The Morgan fingerprint density at radius 3 is 2.17 bits per heavy atom. The Morgan fingerprint density at radius 1 is 1.00 bits per heavy atom. The Kier molecular flexibility index (Phi) is 4.50. The predicted molar refractivity (Wildman–Crippen MR) is 91.5 cm³/mol. The van der Waals surface area contributed by atoms with Gasteiger partial charge in [0.15, 0.2) is 0 Å². The summed E-state index contributed by atoms with van der Waals surface area (Å²) in [6.07, 6.45) is 0.510. The van der Waals surface area contributed by atoms with E-state index in [2.05, 4.69) is 10.6 Å². The average molecular weight is 340 g/mol. The van der Waals surface area contributed by atoms with Crippen LogP contribution in [0.1, 0.15) is 12.0 Å². The summed E-state index contributed by atoms with van der Waals surface area (Å²) in [4.78, 5) is 24.4. The van der Waals surface area contributed by atoms with Crippen molar-refractivity contribution in [3.63, 3.8) is 0 Å². The lowest BCUT2D eigenvalue weighted by Gasteiger charge is -2.06. The number of anilines is 2. The molecule has 0 bridgehead atoms. The highest BCUT2D eigenvalue weighted by Gasteiger charge is 2.48. The van der Waals surface area contributed by atoms with Gasteiger partial charge in [-0.25, -0.2) is 0 Å². The van der Waals surface area contributed by atoms with E-state index in [1.807, 2.05) is 6.07 Å². The fourth-order valence-electron chi connectivity index (χ4n) is 2.48. The van der Waals surface area contributed by atoms with Crippen molar-refractivity contribution in [3.8, 4) is 6.07 Å². The number of carbonyl (C=O) groups excluding carboxylic acids is 2. The maximum Gasteiger partial charge on any atom is 0.228 e. The molecule has 0 aliphatic heterocycles. The van der Waals surface area contributed by atoms with E-state index < -0.39 is 0 Å². The number of nitriles is 1. The largest absolute Gasteiger partial charge is 0.326 e. The third-order valence-electron chi connectivity index (χ3n) is 3.82. The van der Waals surface area contributed by atoms with Gasteiger partial charge in [0.25, 0.3) is 0 Å². The van der Waals surface area contributed by atoms with Gasteiger partial charge in [-0.3, -0.25) is 9.59 Å². The second-order valence-corrected chi connectivity index (χ2v) is 6.07.